The van der Waals surface area contributed by atoms with Gasteiger partial charge in [0.15, 0.2) is 0 Å². The normalized spacial score (nSPS) is 16.6. The number of carbonyl (C=O) groups is 2. The largest absolute Gasteiger partial charge is 0.496 e. The van der Waals surface area contributed by atoms with Crippen LogP contribution in [0.25, 0.3) is 0 Å². The second-order valence-electron chi connectivity index (χ2n) is 7.89. The summed E-state index contributed by atoms with van der Waals surface area (Å²) in [4.78, 5) is 38.2. The van der Waals surface area contributed by atoms with Gasteiger partial charge in [-0.3, -0.25) is 19.7 Å². The Hall–Kier alpha value is -3.42. The van der Waals surface area contributed by atoms with Crippen LogP contribution in [-0.2, 0) is 4.79 Å². The van der Waals surface area contributed by atoms with Gasteiger partial charge in [-0.15, -0.1) is 0 Å². The average molecular weight is 425 g/mol. The summed E-state index contributed by atoms with van der Waals surface area (Å²) in [7, 11) is 1.59. The molecule has 8 heteroatoms. The Labute approximate surface area is 181 Å². The first kappa shape index (κ1) is 22.3. The summed E-state index contributed by atoms with van der Waals surface area (Å²) < 4.78 is 5.42. The Morgan fingerprint density at radius 2 is 1.97 bits per heavy atom. The number of ether oxygens (including phenoxy) is 1. The molecule has 1 N–H and O–H groups in total. The van der Waals surface area contributed by atoms with Crippen molar-refractivity contribution < 1.29 is 19.2 Å². The Morgan fingerprint density at radius 1 is 1.23 bits per heavy atom. The lowest BCUT2D eigenvalue weighted by atomic mass is 10.0. The van der Waals surface area contributed by atoms with Crippen LogP contribution in [0.5, 0.6) is 5.75 Å². The average Bonchev–Trinajstić information content (AvgIpc) is 3.22. The minimum atomic E-state index is -0.582. The van der Waals surface area contributed by atoms with Gasteiger partial charge in [0.05, 0.1) is 18.1 Å². The molecule has 1 aliphatic heterocycles. The lowest BCUT2D eigenvalue weighted by Crippen LogP contribution is -2.46. The molecular formula is C23H27N3O5. The molecule has 0 radical (unpaired) electrons. The van der Waals surface area contributed by atoms with E-state index in [4.69, 9.17) is 4.74 Å². The highest BCUT2D eigenvalue weighted by Crippen LogP contribution is 2.28. The van der Waals surface area contributed by atoms with Crippen molar-refractivity contribution in [3.63, 3.8) is 0 Å². The third-order valence-corrected chi connectivity index (χ3v) is 5.67. The third kappa shape index (κ3) is 4.68. The number of nitrogens with one attached hydrogen (secondary N) is 1. The second kappa shape index (κ2) is 9.16. The van der Waals surface area contributed by atoms with Gasteiger partial charge in [-0.25, -0.2) is 0 Å². The number of nitrogens with zero attached hydrogens (tertiary/aromatic N) is 2. The zero-order chi connectivity index (χ0) is 22.7. The van der Waals surface area contributed by atoms with E-state index in [9.17, 15) is 19.7 Å². The molecule has 2 atom stereocenters. The van der Waals surface area contributed by atoms with E-state index in [-0.39, 0.29) is 23.5 Å². The van der Waals surface area contributed by atoms with Crippen LogP contribution in [0, 0.1) is 24.0 Å². The Morgan fingerprint density at radius 3 is 2.61 bits per heavy atom. The van der Waals surface area contributed by atoms with Crippen LogP contribution in [0.1, 0.15) is 52.9 Å². The fourth-order valence-electron chi connectivity index (χ4n) is 4.02. The lowest BCUT2D eigenvalue weighted by Gasteiger charge is -2.26. The van der Waals surface area contributed by atoms with Crippen molar-refractivity contribution in [3.05, 3.63) is 68.8 Å². The summed E-state index contributed by atoms with van der Waals surface area (Å²) >= 11 is 0. The van der Waals surface area contributed by atoms with E-state index in [0.29, 0.717) is 29.8 Å². The van der Waals surface area contributed by atoms with Crippen molar-refractivity contribution in [3.8, 4) is 5.75 Å². The second-order valence-corrected chi connectivity index (χ2v) is 7.89. The minimum absolute atomic E-state index is 0.0341. The molecule has 0 aromatic heterocycles. The van der Waals surface area contributed by atoms with Gasteiger partial charge in [-0.1, -0.05) is 17.7 Å². The number of amides is 2. The molecule has 8 nitrogen and oxygen atoms in total. The zero-order valence-electron chi connectivity index (χ0n) is 18.2. The fraction of sp³-hybridized carbons (Fsp3) is 0.391. The Kier molecular flexibility index (Phi) is 6.58. The standard InChI is InChI=1S/C23H27N3O5/c1-14-7-10-21(31-4)18(12-14)16(3)24-22(27)20-6-5-11-25(20)23(28)17-8-9-19(26(29)30)15(2)13-17/h7-10,12-13,16,20H,5-6,11H2,1-4H3,(H,24,27)/t16-,20+/m0/s1. The molecule has 3 rings (SSSR count). The highest BCUT2D eigenvalue weighted by atomic mass is 16.6. The van der Waals surface area contributed by atoms with E-state index < -0.39 is 11.0 Å². The first-order valence-electron chi connectivity index (χ1n) is 10.2. The maximum absolute atomic E-state index is 13.1. The molecule has 1 heterocycles. The van der Waals surface area contributed by atoms with Crippen LogP contribution in [-0.4, -0.2) is 41.3 Å². The molecule has 0 saturated carbocycles. The van der Waals surface area contributed by atoms with E-state index in [1.54, 1.807) is 18.9 Å². The molecule has 0 bridgehead atoms. The number of benzene rings is 2. The number of carbonyl (C=O) groups excluding carboxylic acids is 2. The lowest BCUT2D eigenvalue weighted by molar-refractivity contribution is -0.385. The maximum atomic E-state index is 13.1. The van der Waals surface area contributed by atoms with Crippen LogP contribution in [0.15, 0.2) is 36.4 Å². The summed E-state index contributed by atoms with van der Waals surface area (Å²) in [5.41, 5.74) is 2.65. The number of nitro benzene ring substituents is 1. The maximum Gasteiger partial charge on any atom is 0.272 e. The number of hydrogen-bond acceptors (Lipinski definition) is 5. The highest BCUT2D eigenvalue weighted by molar-refractivity contribution is 5.98. The molecule has 1 saturated heterocycles. The van der Waals surface area contributed by atoms with Gasteiger partial charge < -0.3 is 15.0 Å². The zero-order valence-corrected chi connectivity index (χ0v) is 18.2. The first-order chi connectivity index (χ1) is 14.7. The molecule has 2 amide bonds. The third-order valence-electron chi connectivity index (χ3n) is 5.67. The molecule has 1 fully saturated rings. The van der Waals surface area contributed by atoms with Crippen LogP contribution in [0.3, 0.4) is 0 Å². The van der Waals surface area contributed by atoms with E-state index in [0.717, 1.165) is 17.5 Å². The number of nitro groups is 1. The van der Waals surface area contributed by atoms with E-state index >= 15 is 0 Å². The van der Waals surface area contributed by atoms with Gasteiger partial charge in [0.2, 0.25) is 5.91 Å². The quantitative estimate of drug-likeness (QED) is 0.562. The van der Waals surface area contributed by atoms with Crippen molar-refractivity contribution in [1.29, 1.82) is 0 Å². The fourth-order valence-corrected chi connectivity index (χ4v) is 4.02. The van der Waals surface area contributed by atoms with Crippen LogP contribution in [0.2, 0.25) is 0 Å². The van der Waals surface area contributed by atoms with Crippen LogP contribution in [0.4, 0.5) is 5.69 Å². The van der Waals surface area contributed by atoms with Crippen molar-refractivity contribution in [1.82, 2.24) is 10.2 Å². The van der Waals surface area contributed by atoms with Crippen molar-refractivity contribution >= 4 is 17.5 Å². The molecule has 0 aliphatic carbocycles. The van der Waals surface area contributed by atoms with Gasteiger partial charge in [0.25, 0.3) is 11.6 Å². The van der Waals surface area contributed by atoms with Crippen molar-refractivity contribution in [2.45, 2.75) is 45.7 Å². The molecule has 164 valence electrons. The molecular weight excluding hydrogens is 398 g/mol. The summed E-state index contributed by atoms with van der Waals surface area (Å²) in [6, 6.07) is 9.20. The number of aryl methyl sites for hydroxylation is 2. The monoisotopic (exact) mass is 425 g/mol. The topological polar surface area (TPSA) is 102 Å². The van der Waals surface area contributed by atoms with E-state index in [1.807, 2.05) is 32.0 Å². The van der Waals surface area contributed by atoms with Gasteiger partial charge >= 0.3 is 0 Å². The molecule has 2 aromatic carbocycles. The Balaban J connectivity index is 1.76. The van der Waals surface area contributed by atoms with Gasteiger partial charge in [-0.2, -0.15) is 0 Å². The highest BCUT2D eigenvalue weighted by Gasteiger charge is 2.35. The molecule has 31 heavy (non-hydrogen) atoms. The van der Waals surface area contributed by atoms with Gasteiger partial charge in [0.1, 0.15) is 11.8 Å². The van der Waals surface area contributed by atoms with Crippen molar-refractivity contribution in [2.75, 3.05) is 13.7 Å². The molecule has 0 unspecified atom stereocenters. The number of likely N-dealkylation sites (tertiary alicyclic amines) is 1. The van der Waals surface area contributed by atoms with Gasteiger partial charge in [-0.05, 0) is 51.8 Å². The summed E-state index contributed by atoms with van der Waals surface area (Å²) in [6.45, 7) is 5.92. The van der Waals surface area contributed by atoms with Gasteiger partial charge in [0, 0.05) is 29.3 Å². The molecule has 1 aliphatic rings. The van der Waals surface area contributed by atoms with Crippen molar-refractivity contribution in [2.24, 2.45) is 0 Å². The molecule has 0 spiro atoms. The number of hydrogen-bond donors (Lipinski definition) is 1. The molecule has 2 aromatic rings. The summed E-state index contributed by atoms with van der Waals surface area (Å²) in [5.74, 6) is 0.177. The SMILES string of the molecule is COc1ccc(C)cc1[C@H](C)NC(=O)[C@H]1CCCN1C(=O)c1ccc([N+](=O)[O-])c(C)c1. The van der Waals surface area contributed by atoms with Crippen LogP contribution >= 0.6 is 0 Å². The van der Waals surface area contributed by atoms with Crippen LogP contribution < -0.4 is 10.1 Å². The van der Waals surface area contributed by atoms with E-state index in [2.05, 4.69) is 5.32 Å². The smallest absolute Gasteiger partial charge is 0.272 e. The number of rotatable bonds is 6. The van der Waals surface area contributed by atoms with E-state index in [1.165, 1.54) is 18.2 Å². The number of methoxy groups -OCH3 is 1. The first-order valence-corrected chi connectivity index (χ1v) is 10.2. The minimum Gasteiger partial charge on any atom is -0.496 e. The summed E-state index contributed by atoms with van der Waals surface area (Å²) in [6.07, 6.45) is 1.29. The summed E-state index contributed by atoms with van der Waals surface area (Å²) in [5, 5.41) is 14.0. The Bertz CT molecular complexity index is 1020. The predicted molar refractivity (Wildman–Crippen MR) is 116 cm³/mol. The predicted octanol–water partition coefficient (Wildman–Crippen LogP) is 3.70.